The Bertz CT molecular complexity index is 998. The predicted octanol–water partition coefficient (Wildman–Crippen LogP) is 4.98. The largest absolute Gasteiger partial charge is 0.493 e. The molecule has 0 heterocycles. The van der Waals surface area contributed by atoms with Gasteiger partial charge < -0.3 is 9.47 Å². The van der Waals surface area contributed by atoms with Gasteiger partial charge in [0.05, 0.1) is 24.6 Å². The number of benzene rings is 3. The van der Waals surface area contributed by atoms with Crippen LogP contribution in [0.1, 0.15) is 27.0 Å². The van der Waals surface area contributed by atoms with Crippen LogP contribution in [0.5, 0.6) is 11.5 Å². The normalized spacial score (nSPS) is 10.7. The van der Waals surface area contributed by atoms with Gasteiger partial charge in [0.1, 0.15) is 0 Å². The number of nitrogens with zero attached hydrogens (tertiary/aromatic N) is 1. The lowest BCUT2D eigenvalue weighted by Gasteiger charge is -2.10. The molecule has 0 spiro atoms. The summed E-state index contributed by atoms with van der Waals surface area (Å²) in [5.41, 5.74) is 7.33. The Kier molecular flexibility index (Phi) is 6.07. The Balaban J connectivity index is 1.72. The highest BCUT2D eigenvalue weighted by atomic mass is 16.6. The number of esters is 1. The number of rotatable bonds is 6. The molecule has 0 radical (unpaired) electrons. The van der Waals surface area contributed by atoms with Gasteiger partial charge in [0.15, 0.2) is 11.5 Å². The van der Waals surface area contributed by atoms with Gasteiger partial charge in [-0.15, -0.1) is 0 Å². The van der Waals surface area contributed by atoms with Crippen LogP contribution in [0.2, 0.25) is 0 Å². The number of anilines is 1. The molecule has 0 unspecified atom stereocenters. The molecular formula is C23H22N2O3. The van der Waals surface area contributed by atoms with Gasteiger partial charge in [-0.1, -0.05) is 24.3 Å². The van der Waals surface area contributed by atoms with Crippen molar-refractivity contribution >= 4 is 17.9 Å². The number of carbonyl (C=O) groups is 1. The van der Waals surface area contributed by atoms with E-state index in [0.29, 0.717) is 17.1 Å². The van der Waals surface area contributed by atoms with Crippen molar-refractivity contribution in [3.05, 3.63) is 89.0 Å². The van der Waals surface area contributed by atoms with Crippen LogP contribution in [0.3, 0.4) is 0 Å². The summed E-state index contributed by atoms with van der Waals surface area (Å²) < 4.78 is 10.9. The van der Waals surface area contributed by atoms with Crippen molar-refractivity contribution < 1.29 is 14.3 Å². The number of nitrogens with one attached hydrogen (secondary N) is 1. The Morgan fingerprint density at radius 2 is 1.71 bits per heavy atom. The zero-order valence-electron chi connectivity index (χ0n) is 16.1. The van der Waals surface area contributed by atoms with Crippen molar-refractivity contribution in [1.29, 1.82) is 0 Å². The van der Waals surface area contributed by atoms with Crippen molar-refractivity contribution in [1.82, 2.24) is 0 Å². The average molecular weight is 374 g/mol. The number of aryl methyl sites for hydroxylation is 2. The van der Waals surface area contributed by atoms with Crippen molar-refractivity contribution in [3.63, 3.8) is 0 Å². The Labute approximate surface area is 164 Å². The van der Waals surface area contributed by atoms with E-state index < -0.39 is 5.97 Å². The first-order valence-corrected chi connectivity index (χ1v) is 8.88. The summed E-state index contributed by atoms with van der Waals surface area (Å²) in [5, 5.41) is 4.21. The van der Waals surface area contributed by atoms with Gasteiger partial charge in [0, 0.05) is 0 Å². The van der Waals surface area contributed by atoms with Crippen LogP contribution >= 0.6 is 0 Å². The molecule has 1 N–H and O–H groups in total. The van der Waals surface area contributed by atoms with Crippen molar-refractivity contribution in [3.8, 4) is 11.5 Å². The highest BCUT2D eigenvalue weighted by molar-refractivity contribution is 5.92. The molecule has 0 bridgehead atoms. The fourth-order valence-corrected chi connectivity index (χ4v) is 2.57. The van der Waals surface area contributed by atoms with Gasteiger partial charge in [-0.2, -0.15) is 5.10 Å². The zero-order chi connectivity index (χ0) is 19.9. The molecule has 0 aliphatic rings. The first kappa shape index (κ1) is 19.2. The Hall–Kier alpha value is -3.60. The van der Waals surface area contributed by atoms with E-state index in [1.165, 1.54) is 7.11 Å². The monoisotopic (exact) mass is 374 g/mol. The standard InChI is InChI=1S/C23H22N2O3/c1-16-9-11-19(13-17(16)2)23(26)28-21-12-10-18(14-22(21)27-3)15-24-25-20-7-5-4-6-8-20/h4-15,25H,1-3H3. The van der Waals surface area contributed by atoms with Crippen molar-refractivity contribution in [2.24, 2.45) is 5.10 Å². The molecule has 0 saturated carbocycles. The molecule has 0 aliphatic carbocycles. The minimum atomic E-state index is -0.423. The van der Waals surface area contributed by atoms with Gasteiger partial charge >= 0.3 is 5.97 Å². The minimum Gasteiger partial charge on any atom is -0.493 e. The molecule has 5 heteroatoms. The van der Waals surface area contributed by atoms with Crippen molar-refractivity contribution in [2.75, 3.05) is 12.5 Å². The molecule has 0 saturated heterocycles. The minimum absolute atomic E-state index is 0.360. The number of para-hydroxylation sites is 1. The molecule has 5 nitrogen and oxygen atoms in total. The van der Waals surface area contributed by atoms with E-state index in [0.717, 1.165) is 22.4 Å². The third-order valence-electron chi connectivity index (χ3n) is 4.31. The van der Waals surface area contributed by atoms with E-state index in [4.69, 9.17) is 9.47 Å². The van der Waals surface area contributed by atoms with E-state index in [9.17, 15) is 4.79 Å². The fraction of sp³-hybridized carbons (Fsp3) is 0.130. The van der Waals surface area contributed by atoms with E-state index in [-0.39, 0.29) is 0 Å². The van der Waals surface area contributed by atoms with E-state index in [1.54, 1.807) is 24.4 Å². The summed E-state index contributed by atoms with van der Waals surface area (Å²) in [6.45, 7) is 3.96. The molecular weight excluding hydrogens is 352 g/mol. The van der Waals surface area contributed by atoms with Crippen LogP contribution in [0, 0.1) is 13.8 Å². The topological polar surface area (TPSA) is 59.9 Å². The van der Waals surface area contributed by atoms with Gasteiger partial charge in [-0.3, -0.25) is 5.43 Å². The molecule has 3 rings (SSSR count). The van der Waals surface area contributed by atoms with Gasteiger partial charge in [0.2, 0.25) is 0 Å². The number of hydrogen-bond acceptors (Lipinski definition) is 5. The summed E-state index contributed by atoms with van der Waals surface area (Å²) in [7, 11) is 1.53. The number of hydrazone groups is 1. The summed E-state index contributed by atoms with van der Waals surface area (Å²) in [5.74, 6) is 0.397. The number of carbonyl (C=O) groups excluding carboxylic acids is 1. The highest BCUT2D eigenvalue weighted by Gasteiger charge is 2.13. The lowest BCUT2D eigenvalue weighted by molar-refractivity contribution is 0.0729. The van der Waals surface area contributed by atoms with E-state index in [1.807, 2.05) is 62.4 Å². The maximum atomic E-state index is 12.4. The van der Waals surface area contributed by atoms with Crippen LogP contribution in [-0.2, 0) is 0 Å². The van der Waals surface area contributed by atoms with Crippen LogP contribution in [0.25, 0.3) is 0 Å². The summed E-state index contributed by atoms with van der Waals surface area (Å²) in [4.78, 5) is 12.4. The van der Waals surface area contributed by atoms with Crippen LogP contribution in [0.15, 0.2) is 71.8 Å². The predicted molar refractivity (Wildman–Crippen MR) is 112 cm³/mol. The maximum absolute atomic E-state index is 12.4. The van der Waals surface area contributed by atoms with Gasteiger partial charge in [-0.05, 0) is 73.0 Å². The Morgan fingerprint density at radius 3 is 2.43 bits per heavy atom. The van der Waals surface area contributed by atoms with Crippen LogP contribution in [0.4, 0.5) is 5.69 Å². The second-order valence-electron chi connectivity index (χ2n) is 6.33. The van der Waals surface area contributed by atoms with Gasteiger partial charge in [-0.25, -0.2) is 4.79 Å². The lowest BCUT2D eigenvalue weighted by atomic mass is 10.1. The first-order chi connectivity index (χ1) is 13.6. The fourth-order valence-electron chi connectivity index (χ4n) is 2.57. The maximum Gasteiger partial charge on any atom is 0.343 e. The SMILES string of the molecule is COc1cc(C=NNc2ccccc2)ccc1OC(=O)c1ccc(C)c(C)c1. The third-order valence-corrected chi connectivity index (χ3v) is 4.31. The number of hydrogen-bond donors (Lipinski definition) is 1. The number of ether oxygens (including phenoxy) is 2. The second kappa shape index (κ2) is 8.86. The van der Waals surface area contributed by atoms with E-state index in [2.05, 4.69) is 10.5 Å². The molecule has 0 aromatic heterocycles. The third kappa shape index (κ3) is 4.76. The molecule has 142 valence electrons. The van der Waals surface area contributed by atoms with Crippen LogP contribution in [-0.4, -0.2) is 19.3 Å². The molecule has 28 heavy (non-hydrogen) atoms. The number of methoxy groups -OCH3 is 1. The molecule has 0 fully saturated rings. The lowest BCUT2D eigenvalue weighted by Crippen LogP contribution is -2.10. The van der Waals surface area contributed by atoms with E-state index >= 15 is 0 Å². The smallest absolute Gasteiger partial charge is 0.343 e. The molecule has 0 atom stereocenters. The van der Waals surface area contributed by atoms with Crippen molar-refractivity contribution in [2.45, 2.75) is 13.8 Å². The van der Waals surface area contributed by atoms with Crippen LogP contribution < -0.4 is 14.9 Å². The molecule has 0 aliphatic heterocycles. The molecule has 0 amide bonds. The average Bonchev–Trinajstić information content (AvgIpc) is 2.71. The summed E-state index contributed by atoms with van der Waals surface area (Å²) in [6, 6.07) is 20.4. The Morgan fingerprint density at radius 1 is 0.929 bits per heavy atom. The quantitative estimate of drug-likeness (QED) is 0.286. The van der Waals surface area contributed by atoms with Gasteiger partial charge in [0.25, 0.3) is 0 Å². The first-order valence-electron chi connectivity index (χ1n) is 8.88. The summed E-state index contributed by atoms with van der Waals surface area (Å²) >= 11 is 0. The highest BCUT2D eigenvalue weighted by Crippen LogP contribution is 2.28. The summed E-state index contributed by atoms with van der Waals surface area (Å²) in [6.07, 6.45) is 1.67. The molecule has 3 aromatic rings. The zero-order valence-corrected chi connectivity index (χ0v) is 16.1. The second-order valence-corrected chi connectivity index (χ2v) is 6.33. The molecule has 3 aromatic carbocycles.